The molecule has 1 aromatic rings. The minimum absolute atomic E-state index is 0.0155. The molecule has 2 heterocycles. The molecular formula is C19H23N3O5S. The molecule has 0 spiro atoms. The highest BCUT2D eigenvalue weighted by molar-refractivity contribution is 7.89. The van der Waals surface area contributed by atoms with Crippen LogP contribution in [-0.4, -0.2) is 50.0 Å². The van der Waals surface area contributed by atoms with Gasteiger partial charge in [-0.2, -0.15) is 4.31 Å². The van der Waals surface area contributed by atoms with Crippen LogP contribution in [0, 0.1) is 11.8 Å². The number of nitrogens with zero attached hydrogens (tertiary/aromatic N) is 1. The predicted molar refractivity (Wildman–Crippen MR) is 102 cm³/mol. The van der Waals surface area contributed by atoms with Crippen molar-refractivity contribution in [3.8, 4) is 0 Å². The molecule has 2 aliphatic heterocycles. The Hall–Kier alpha value is -2.23. The van der Waals surface area contributed by atoms with Crippen LogP contribution < -0.4 is 10.6 Å². The maximum Gasteiger partial charge on any atom is 0.245 e. The van der Waals surface area contributed by atoms with Gasteiger partial charge in [0.25, 0.3) is 0 Å². The number of nitrogens with one attached hydrogen (secondary N) is 2. The second-order valence-corrected chi connectivity index (χ2v) is 9.42. The fraction of sp³-hybridized carbons (Fsp3) is 0.474. The lowest BCUT2D eigenvalue weighted by Crippen LogP contribution is -2.37. The van der Waals surface area contributed by atoms with Gasteiger partial charge in [0.1, 0.15) is 6.23 Å². The minimum atomic E-state index is -3.64. The van der Waals surface area contributed by atoms with Crippen molar-refractivity contribution in [3.63, 3.8) is 0 Å². The first-order chi connectivity index (χ1) is 13.4. The van der Waals surface area contributed by atoms with E-state index in [0.29, 0.717) is 18.7 Å². The molecule has 0 radical (unpaired) electrons. The summed E-state index contributed by atoms with van der Waals surface area (Å²) in [5, 5.41) is 5.50. The zero-order valence-corrected chi connectivity index (χ0v) is 16.2. The molecule has 3 aliphatic rings. The summed E-state index contributed by atoms with van der Waals surface area (Å²) >= 11 is 0. The molecule has 150 valence electrons. The first-order valence-corrected chi connectivity index (χ1v) is 10.8. The van der Waals surface area contributed by atoms with E-state index in [2.05, 4.69) is 17.2 Å². The standard InChI is InChI=1S/C19H23N3O5S/c1-2-17(23)21-18-9-13-10-22(11-16(13)27-18)28(25,26)15-7-5-14(6-8-15)20-19(24)12-3-4-12/h2,5-8,12-13,16,18H,1,3-4,9-11H2,(H,20,24)(H,21,23). The molecule has 28 heavy (non-hydrogen) atoms. The van der Waals surface area contributed by atoms with Crippen LogP contribution in [0.2, 0.25) is 0 Å². The first kappa shape index (κ1) is 19.1. The van der Waals surface area contributed by atoms with E-state index in [9.17, 15) is 18.0 Å². The quantitative estimate of drug-likeness (QED) is 0.689. The maximum atomic E-state index is 12.9. The third kappa shape index (κ3) is 3.82. The summed E-state index contributed by atoms with van der Waals surface area (Å²) in [6, 6.07) is 6.25. The van der Waals surface area contributed by atoms with Crippen LogP contribution in [0.4, 0.5) is 5.69 Å². The number of hydrogen-bond donors (Lipinski definition) is 2. The SMILES string of the molecule is C=CC(=O)NC1CC2CN(S(=O)(=O)c3ccc(NC(=O)C4CC4)cc3)CC2O1. The smallest absolute Gasteiger partial charge is 0.245 e. The van der Waals surface area contributed by atoms with Gasteiger partial charge in [0.05, 0.1) is 11.0 Å². The second kappa shape index (κ2) is 7.31. The number of hydrogen-bond acceptors (Lipinski definition) is 5. The third-order valence-corrected chi connectivity index (χ3v) is 7.25. The van der Waals surface area contributed by atoms with Crippen LogP contribution in [0.5, 0.6) is 0 Å². The number of carbonyl (C=O) groups excluding carboxylic acids is 2. The summed E-state index contributed by atoms with van der Waals surface area (Å²) in [6.45, 7) is 4.02. The fourth-order valence-electron chi connectivity index (χ4n) is 3.68. The van der Waals surface area contributed by atoms with Gasteiger partial charge in [0.2, 0.25) is 21.8 Å². The van der Waals surface area contributed by atoms with Gasteiger partial charge in [0.15, 0.2) is 0 Å². The van der Waals surface area contributed by atoms with Crippen molar-refractivity contribution in [2.75, 3.05) is 18.4 Å². The Balaban J connectivity index is 1.37. The van der Waals surface area contributed by atoms with Crippen molar-refractivity contribution >= 4 is 27.5 Å². The molecule has 1 aromatic carbocycles. The van der Waals surface area contributed by atoms with Crippen LogP contribution in [0.3, 0.4) is 0 Å². The van der Waals surface area contributed by atoms with Crippen molar-refractivity contribution in [2.45, 2.75) is 36.5 Å². The molecule has 3 fully saturated rings. The predicted octanol–water partition coefficient (Wildman–Crippen LogP) is 1.07. The van der Waals surface area contributed by atoms with E-state index in [0.717, 1.165) is 12.8 Å². The molecule has 9 heteroatoms. The summed E-state index contributed by atoms with van der Waals surface area (Å²) < 4.78 is 33.0. The average Bonchev–Trinajstić information content (AvgIpc) is 3.34. The highest BCUT2D eigenvalue weighted by Crippen LogP contribution is 2.35. The zero-order chi connectivity index (χ0) is 19.9. The zero-order valence-electron chi connectivity index (χ0n) is 15.3. The van der Waals surface area contributed by atoms with Gasteiger partial charge < -0.3 is 15.4 Å². The number of rotatable bonds is 6. The first-order valence-electron chi connectivity index (χ1n) is 9.36. The molecular weight excluding hydrogens is 382 g/mol. The van der Waals surface area contributed by atoms with Gasteiger partial charge in [-0.25, -0.2) is 8.42 Å². The van der Waals surface area contributed by atoms with E-state index in [1.807, 2.05) is 0 Å². The molecule has 1 saturated carbocycles. The summed E-state index contributed by atoms with van der Waals surface area (Å²) in [4.78, 5) is 23.4. The van der Waals surface area contributed by atoms with E-state index >= 15 is 0 Å². The summed E-state index contributed by atoms with van der Waals surface area (Å²) in [6.07, 6.45) is 2.94. The van der Waals surface area contributed by atoms with Crippen LogP contribution in [-0.2, 0) is 24.3 Å². The number of anilines is 1. The van der Waals surface area contributed by atoms with Gasteiger partial charge in [-0.1, -0.05) is 6.58 Å². The molecule has 0 aromatic heterocycles. The van der Waals surface area contributed by atoms with Gasteiger partial charge >= 0.3 is 0 Å². The number of amides is 2. The Bertz CT molecular complexity index is 881. The van der Waals surface area contributed by atoms with E-state index in [1.165, 1.54) is 22.5 Å². The molecule has 4 rings (SSSR count). The number of fused-ring (bicyclic) bond motifs is 1. The number of ether oxygens (including phenoxy) is 1. The Morgan fingerprint density at radius 1 is 1.18 bits per heavy atom. The molecule has 1 aliphatic carbocycles. The van der Waals surface area contributed by atoms with E-state index < -0.39 is 16.3 Å². The monoisotopic (exact) mass is 405 g/mol. The normalized spacial score (nSPS) is 27.2. The number of carbonyl (C=O) groups is 2. The van der Waals surface area contributed by atoms with Gasteiger partial charge in [0, 0.05) is 30.6 Å². The molecule has 8 nitrogen and oxygen atoms in total. The molecule has 3 unspecified atom stereocenters. The summed E-state index contributed by atoms with van der Waals surface area (Å²) in [5.74, 6) is -0.184. The largest absolute Gasteiger partial charge is 0.354 e. The lowest BCUT2D eigenvalue weighted by Gasteiger charge is -2.19. The van der Waals surface area contributed by atoms with Gasteiger partial charge in [-0.3, -0.25) is 9.59 Å². The van der Waals surface area contributed by atoms with Crippen molar-refractivity contribution < 1.29 is 22.7 Å². The lowest BCUT2D eigenvalue weighted by atomic mass is 10.1. The Kier molecular flexibility index (Phi) is 4.98. The van der Waals surface area contributed by atoms with Gasteiger partial charge in [-0.05, 0) is 49.6 Å². The molecule has 0 bridgehead atoms. The van der Waals surface area contributed by atoms with Crippen molar-refractivity contribution in [2.24, 2.45) is 11.8 Å². The summed E-state index contributed by atoms with van der Waals surface area (Å²) in [7, 11) is -3.64. The highest BCUT2D eigenvalue weighted by Gasteiger charge is 2.46. The maximum absolute atomic E-state index is 12.9. The van der Waals surface area contributed by atoms with Gasteiger partial charge in [-0.15, -0.1) is 0 Å². The number of sulfonamides is 1. The van der Waals surface area contributed by atoms with Crippen LogP contribution >= 0.6 is 0 Å². The lowest BCUT2D eigenvalue weighted by molar-refractivity contribution is -0.120. The molecule has 2 saturated heterocycles. The highest BCUT2D eigenvalue weighted by atomic mass is 32.2. The Morgan fingerprint density at radius 2 is 1.89 bits per heavy atom. The van der Waals surface area contributed by atoms with Crippen LogP contribution in [0.15, 0.2) is 41.8 Å². The van der Waals surface area contributed by atoms with Crippen LogP contribution in [0.1, 0.15) is 19.3 Å². The Morgan fingerprint density at radius 3 is 2.50 bits per heavy atom. The fourth-order valence-corrected chi connectivity index (χ4v) is 5.19. The second-order valence-electron chi connectivity index (χ2n) is 7.48. The van der Waals surface area contributed by atoms with Crippen LogP contribution in [0.25, 0.3) is 0 Å². The molecule has 3 atom stereocenters. The minimum Gasteiger partial charge on any atom is -0.354 e. The van der Waals surface area contributed by atoms with Crippen molar-refractivity contribution in [1.29, 1.82) is 0 Å². The molecule has 2 N–H and O–H groups in total. The third-order valence-electron chi connectivity index (χ3n) is 5.40. The summed E-state index contributed by atoms with van der Waals surface area (Å²) in [5.41, 5.74) is 0.596. The average molecular weight is 405 g/mol. The van der Waals surface area contributed by atoms with E-state index in [-0.39, 0.29) is 41.2 Å². The van der Waals surface area contributed by atoms with Crippen molar-refractivity contribution in [3.05, 3.63) is 36.9 Å². The Labute approximate surface area is 164 Å². The van der Waals surface area contributed by atoms with E-state index in [1.54, 1.807) is 12.1 Å². The topological polar surface area (TPSA) is 105 Å². The number of benzene rings is 1. The van der Waals surface area contributed by atoms with Crippen molar-refractivity contribution in [1.82, 2.24) is 9.62 Å². The van der Waals surface area contributed by atoms with E-state index in [4.69, 9.17) is 4.74 Å². The molecule has 2 amide bonds.